The van der Waals surface area contributed by atoms with E-state index in [1.165, 1.54) is 11.8 Å². The molecule has 0 amide bonds. The fraction of sp³-hybridized carbons (Fsp3) is 0.429. The number of imidazole rings is 1. The van der Waals surface area contributed by atoms with E-state index in [2.05, 4.69) is 22.7 Å². The molecule has 0 aliphatic rings. The summed E-state index contributed by atoms with van der Waals surface area (Å²) in [5, 5.41) is 10.0. The Kier molecular flexibility index (Phi) is 5.41. The second-order valence-corrected chi connectivity index (χ2v) is 6.81. The molecule has 1 heterocycles. The van der Waals surface area contributed by atoms with Gasteiger partial charge in [0, 0.05) is 17.9 Å². The fourth-order valence-corrected chi connectivity index (χ4v) is 3.00. The van der Waals surface area contributed by atoms with Gasteiger partial charge < -0.3 is 14.4 Å². The van der Waals surface area contributed by atoms with Crippen LogP contribution in [0.15, 0.2) is 23.4 Å². The van der Waals surface area contributed by atoms with Crippen molar-refractivity contribution < 1.29 is 14.6 Å². The number of benzene rings is 1. The number of ether oxygens (including phenoxy) is 1. The van der Waals surface area contributed by atoms with E-state index in [1.54, 1.807) is 18.9 Å². The number of aliphatic carboxylic acids is 1. The summed E-state index contributed by atoms with van der Waals surface area (Å²) in [5.41, 5.74) is 1.83. The lowest BCUT2D eigenvalue weighted by Gasteiger charge is -2.12. The highest BCUT2D eigenvalue weighted by molar-refractivity contribution is 7.99. The number of thioether (sulfide) groups is 2. The van der Waals surface area contributed by atoms with Crippen molar-refractivity contribution in [2.45, 2.75) is 23.9 Å². The van der Waals surface area contributed by atoms with Crippen molar-refractivity contribution in [3.8, 4) is 5.75 Å². The smallest absolute Gasteiger partial charge is 0.313 e. The van der Waals surface area contributed by atoms with Gasteiger partial charge >= 0.3 is 5.97 Å². The van der Waals surface area contributed by atoms with E-state index in [0.29, 0.717) is 5.25 Å². The summed E-state index contributed by atoms with van der Waals surface area (Å²) in [6, 6.07) is 5.75. The summed E-state index contributed by atoms with van der Waals surface area (Å²) in [4.78, 5) is 15.3. The molecule has 0 saturated carbocycles. The van der Waals surface area contributed by atoms with E-state index in [0.717, 1.165) is 28.5 Å². The Bertz CT molecular complexity index is 642. The molecule has 0 saturated heterocycles. The van der Waals surface area contributed by atoms with Crippen molar-refractivity contribution >= 4 is 40.5 Å². The number of methoxy groups -OCH3 is 1. The Balaban J connectivity index is 2.42. The molecule has 1 atom stereocenters. The zero-order valence-corrected chi connectivity index (χ0v) is 13.8. The van der Waals surface area contributed by atoms with Crippen LogP contribution in [0.4, 0.5) is 0 Å². The fourth-order valence-electron chi connectivity index (χ4n) is 1.96. The molecule has 1 aromatic heterocycles. The SMILES string of the molecule is COc1ccc2c(c1)nc(SCC(=O)O)n2CC(C)SC. The monoisotopic (exact) mass is 326 g/mol. The van der Waals surface area contributed by atoms with Crippen LogP contribution >= 0.6 is 23.5 Å². The van der Waals surface area contributed by atoms with Crippen molar-refractivity contribution in [2.75, 3.05) is 19.1 Å². The van der Waals surface area contributed by atoms with Gasteiger partial charge in [0.25, 0.3) is 0 Å². The van der Waals surface area contributed by atoms with Crippen molar-refractivity contribution in [2.24, 2.45) is 0 Å². The van der Waals surface area contributed by atoms with Crippen molar-refractivity contribution in [3.63, 3.8) is 0 Å². The summed E-state index contributed by atoms with van der Waals surface area (Å²) in [7, 11) is 1.62. The molecular weight excluding hydrogens is 308 g/mol. The highest BCUT2D eigenvalue weighted by Crippen LogP contribution is 2.28. The zero-order valence-electron chi connectivity index (χ0n) is 12.2. The van der Waals surface area contributed by atoms with Gasteiger partial charge in [0.05, 0.1) is 23.9 Å². The molecule has 7 heteroatoms. The first-order chi connectivity index (χ1) is 10.0. The standard InChI is InChI=1S/C14H18N2O3S2/c1-9(20-3)7-16-12-5-4-10(19-2)6-11(12)15-14(16)21-8-13(17)18/h4-6,9H,7-8H2,1-3H3,(H,17,18). The van der Waals surface area contributed by atoms with E-state index in [4.69, 9.17) is 9.84 Å². The topological polar surface area (TPSA) is 64.3 Å². The summed E-state index contributed by atoms with van der Waals surface area (Å²) >= 11 is 3.02. The second-order valence-electron chi connectivity index (χ2n) is 4.59. The molecule has 1 unspecified atom stereocenters. The highest BCUT2D eigenvalue weighted by Gasteiger charge is 2.15. The van der Waals surface area contributed by atoms with Gasteiger partial charge in [0.15, 0.2) is 5.16 Å². The summed E-state index contributed by atoms with van der Waals surface area (Å²) in [5.74, 6) is -0.0809. The maximum absolute atomic E-state index is 10.8. The first-order valence-corrected chi connectivity index (χ1v) is 8.74. The molecule has 5 nitrogen and oxygen atoms in total. The van der Waals surface area contributed by atoms with Gasteiger partial charge in [0.2, 0.25) is 0 Å². The van der Waals surface area contributed by atoms with E-state index < -0.39 is 5.97 Å². The molecule has 114 valence electrons. The molecular formula is C14H18N2O3S2. The number of aromatic nitrogens is 2. The molecule has 21 heavy (non-hydrogen) atoms. The van der Waals surface area contributed by atoms with Gasteiger partial charge in [-0.1, -0.05) is 18.7 Å². The van der Waals surface area contributed by atoms with Crippen LogP contribution in [0.2, 0.25) is 0 Å². The Labute approximate surface area is 132 Å². The maximum atomic E-state index is 10.8. The maximum Gasteiger partial charge on any atom is 0.313 e. The molecule has 2 rings (SSSR count). The molecule has 0 fully saturated rings. The molecule has 0 aliphatic heterocycles. The Morgan fingerprint density at radius 1 is 1.52 bits per heavy atom. The average Bonchev–Trinajstić information content (AvgIpc) is 2.81. The first-order valence-electron chi connectivity index (χ1n) is 6.46. The third-order valence-electron chi connectivity index (χ3n) is 3.09. The second kappa shape index (κ2) is 7.09. The molecule has 2 aromatic rings. The van der Waals surface area contributed by atoms with Crippen molar-refractivity contribution in [1.29, 1.82) is 0 Å². The predicted octanol–water partition coefficient (Wildman–Crippen LogP) is 2.97. The molecule has 0 aliphatic carbocycles. The minimum Gasteiger partial charge on any atom is -0.497 e. The predicted molar refractivity (Wildman–Crippen MR) is 87.6 cm³/mol. The lowest BCUT2D eigenvalue weighted by Crippen LogP contribution is -2.10. The van der Waals surface area contributed by atoms with Crippen LogP contribution in [-0.4, -0.2) is 45.0 Å². The quantitative estimate of drug-likeness (QED) is 0.789. The molecule has 1 N–H and O–H groups in total. The third kappa shape index (κ3) is 3.85. The van der Waals surface area contributed by atoms with Crippen molar-refractivity contribution in [3.05, 3.63) is 18.2 Å². The molecule has 0 radical (unpaired) electrons. The number of hydrogen-bond donors (Lipinski definition) is 1. The average molecular weight is 326 g/mol. The van der Waals surface area contributed by atoms with Gasteiger partial charge in [-0.05, 0) is 18.4 Å². The Morgan fingerprint density at radius 3 is 2.90 bits per heavy atom. The minimum absolute atomic E-state index is 0.00804. The van der Waals surface area contributed by atoms with Crippen LogP contribution in [0.1, 0.15) is 6.92 Å². The van der Waals surface area contributed by atoms with E-state index in [9.17, 15) is 4.79 Å². The van der Waals surface area contributed by atoms with E-state index in [1.807, 2.05) is 18.2 Å². The van der Waals surface area contributed by atoms with Gasteiger partial charge in [-0.25, -0.2) is 4.98 Å². The summed E-state index contributed by atoms with van der Waals surface area (Å²) in [6.07, 6.45) is 2.07. The van der Waals surface area contributed by atoms with Crippen molar-refractivity contribution in [1.82, 2.24) is 9.55 Å². The Morgan fingerprint density at radius 2 is 2.29 bits per heavy atom. The van der Waals surface area contributed by atoms with E-state index in [-0.39, 0.29) is 5.75 Å². The zero-order chi connectivity index (χ0) is 15.4. The van der Waals surface area contributed by atoms with Crippen LogP contribution in [0, 0.1) is 0 Å². The number of carboxylic acids is 1. The molecule has 1 aromatic carbocycles. The summed E-state index contributed by atoms with van der Waals surface area (Å²) in [6.45, 7) is 2.94. The van der Waals surface area contributed by atoms with Crippen LogP contribution < -0.4 is 4.74 Å². The number of fused-ring (bicyclic) bond motifs is 1. The van der Waals surface area contributed by atoms with Crippen LogP contribution in [-0.2, 0) is 11.3 Å². The largest absolute Gasteiger partial charge is 0.497 e. The van der Waals surface area contributed by atoms with Crippen LogP contribution in [0.25, 0.3) is 11.0 Å². The van der Waals surface area contributed by atoms with E-state index >= 15 is 0 Å². The number of carbonyl (C=O) groups is 1. The van der Waals surface area contributed by atoms with Crippen LogP contribution in [0.5, 0.6) is 5.75 Å². The van der Waals surface area contributed by atoms with Gasteiger partial charge in [0.1, 0.15) is 5.75 Å². The van der Waals surface area contributed by atoms with Gasteiger partial charge in [-0.15, -0.1) is 0 Å². The van der Waals surface area contributed by atoms with Crippen LogP contribution in [0.3, 0.4) is 0 Å². The third-order valence-corrected chi connectivity index (χ3v) is 5.00. The molecule has 0 spiro atoms. The number of rotatable bonds is 7. The first kappa shape index (κ1) is 16.0. The van der Waals surface area contributed by atoms with Gasteiger partial charge in [-0.2, -0.15) is 11.8 Å². The lowest BCUT2D eigenvalue weighted by atomic mass is 10.3. The normalized spacial score (nSPS) is 12.5. The number of carboxylic acid groups (broad SMARTS) is 1. The number of nitrogens with zero attached hydrogens (tertiary/aromatic N) is 2. The minimum atomic E-state index is -0.839. The highest BCUT2D eigenvalue weighted by atomic mass is 32.2. The molecule has 0 bridgehead atoms. The lowest BCUT2D eigenvalue weighted by molar-refractivity contribution is -0.133. The Hall–Kier alpha value is -1.34. The van der Waals surface area contributed by atoms with Gasteiger partial charge in [-0.3, -0.25) is 4.79 Å². The number of hydrogen-bond acceptors (Lipinski definition) is 5. The summed E-state index contributed by atoms with van der Waals surface area (Å²) < 4.78 is 7.30.